The van der Waals surface area contributed by atoms with Crippen molar-refractivity contribution >= 4 is 16.9 Å². The number of likely N-dealkylation sites (tertiary alicyclic amines) is 1. The quantitative estimate of drug-likeness (QED) is 0.381. The highest BCUT2D eigenvalue weighted by atomic mass is 16.5. The molecule has 1 amide bonds. The van der Waals surface area contributed by atoms with Crippen molar-refractivity contribution in [3.05, 3.63) is 79.0 Å². The maximum atomic E-state index is 12.3. The largest absolute Gasteiger partial charge is 0.457 e. The lowest BCUT2D eigenvalue weighted by Gasteiger charge is -2.18. The van der Waals surface area contributed by atoms with Gasteiger partial charge in [-0.15, -0.1) is 0 Å². The molecule has 0 bridgehead atoms. The summed E-state index contributed by atoms with van der Waals surface area (Å²) in [4.78, 5) is 30.8. The molecule has 1 aliphatic heterocycles. The van der Waals surface area contributed by atoms with E-state index in [4.69, 9.17) is 14.1 Å². The number of amides is 1. The van der Waals surface area contributed by atoms with Crippen molar-refractivity contribution < 1.29 is 13.9 Å². The number of ether oxygens (including phenoxy) is 1. The Morgan fingerprint density at radius 3 is 2.71 bits per heavy atom. The number of fused-ring (bicyclic) bond motifs is 1. The molecule has 8 nitrogen and oxygen atoms in total. The molecule has 0 saturated carbocycles. The van der Waals surface area contributed by atoms with Crippen LogP contribution in [0, 0.1) is 0 Å². The number of pyridine rings is 1. The van der Waals surface area contributed by atoms with E-state index in [9.17, 15) is 4.79 Å². The molecule has 1 fully saturated rings. The number of H-pyrrole nitrogens is 1. The second kappa shape index (κ2) is 8.47. The molecule has 34 heavy (non-hydrogen) atoms. The third kappa shape index (κ3) is 3.90. The summed E-state index contributed by atoms with van der Waals surface area (Å²) < 4.78 is 11.4. The Labute approximate surface area is 195 Å². The fraction of sp³-hybridized carbons (Fsp3) is 0.154. The third-order valence-electron chi connectivity index (χ3n) is 5.91. The van der Waals surface area contributed by atoms with Crippen LogP contribution in [0.3, 0.4) is 0 Å². The number of carbonyl (C=O) groups excluding carboxylic acids is 1. The summed E-state index contributed by atoms with van der Waals surface area (Å²) in [5, 5.41) is 0. The van der Waals surface area contributed by atoms with Gasteiger partial charge in [-0.2, -0.15) is 0 Å². The van der Waals surface area contributed by atoms with Crippen molar-refractivity contribution in [2.45, 2.75) is 19.4 Å². The van der Waals surface area contributed by atoms with Crippen LogP contribution in [0.15, 0.2) is 77.9 Å². The van der Waals surface area contributed by atoms with Gasteiger partial charge < -0.3 is 19.0 Å². The number of benzene rings is 2. The molecule has 168 valence electrons. The highest BCUT2D eigenvalue weighted by Crippen LogP contribution is 2.33. The number of aromatic nitrogens is 4. The minimum Gasteiger partial charge on any atom is -0.457 e. The second-order valence-corrected chi connectivity index (χ2v) is 8.20. The lowest BCUT2D eigenvalue weighted by atomic mass is 10.1. The number of carbonyl (C=O) groups is 1. The van der Waals surface area contributed by atoms with E-state index in [1.54, 1.807) is 12.5 Å². The molecule has 0 atom stereocenters. The SMILES string of the molecule is O=C1CCCN1Cc1cc2[nH]c(-c3ccccn3)nc2cc1Oc1ccc(-c2cocn2)cc1. The van der Waals surface area contributed by atoms with Gasteiger partial charge in [-0.3, -0.25) is 9.78 Å². The number of aromatic amines is 1. The number of rotatable bonds is 6. The van der Waals surface area contributed by atoms with Gasteiger partial charge in [0.2, 0.25) is 5.91 Å². The fourth-order valence-electron chi connectivity index (χ4n) is 4.18. The average molecular weight is 451 g/mol. The molecule has 6 rings (SSSR count). The van der Waals surface area contributed by atoms with Crippen molar-refractivity contribution in [1.29, 1.82) is 0 Å². The van der Waals surface area contributed by atoms with Gasteiger partial charge in [0.25, 0.3) is 0 Å². The molecule has 8 heteroatoms. The van der Waals surface area contributed by atoms with Crippen LogP contribution >= 0.6 is 0 Å². The number of imidazole rings is 1. The van der Waals surface area contributed by atoms with E-state index in [-0.39, 0.29) is 5.91 Å². The van der Waals surface area contributed by atoms with Gasteiger partial charge in [0.05, 0.1) is 11.0 Å². The molecule has 1 N–H and O–H groups in total. The monoisotopic (exact) mass is 451 g/mol. The van der Waals surface area contributed by atoms with E-state index < -0.39 is 0 Å². The minimum absolute atomic E-state index is 0.168. The second-order valence-electron chi connectivity index (χ2n) is 8.20. The summed E-state index contributed by atoms with van der Waals surface area (Å²) in [5.41, 5.74) is 5.02. The zero-order valence-corrected chi connectivity index (χ0v) is 18.3. The number of hydrogen-bond acceptors (Lipinski definition) is 6. The summed E-state index contributed by atoms with van der Waals surface area (Å²) in [6, 6.07) is 17.3. The van der Waals surface area contributed by atoms with Gasteiger partial charge >= 0.3 is 0 Å². The molecule has 1 aliphatic rings. The number of oxazole rings is 1. The highest BCUT2D eigenvalue weighted by molar-refractivity contribution is 5.82. The predicted molar refractivity (Wildman–Crippen MR) is 126 cm³/mol. The van der Waals surface area contributed by atoms with Crippen molar-refractivity contribution in [1.82, 2.24) is 24.8 Å². The molecular weight excluding hydrogens is 430 g/mol. The Bertz CT molecular complexity index is 1440. The van der Waals surface area contributed by atoms with Crippen LogP contribution in [0.5, 0.6) is 11.5 Å². The third-order valence-corrected chi connectivity index (χ3v) is 5.91. The first-order chi connectivity index (χ1) is 16.7. The molecule has 0 radical (unpaired) electrons. The zero-order chi connectivity index (χ0) is 22.9. The summed E-state index contributed by atoms with van der Waals surface area (Å²) in [6.45, 7) is 1.24. The van der Waals surface area contributed by atoms with Crippen molar-refractivity contribution in [3.63, 3.8) is 0 Å². The Morgan fingerprint density at radius 2 is 1.97 bits per heavy atom. The Kier molecular flexibility index (Phi) is 5.03. The first-order valence-electron chi connectivity index (χ1n) is 11.1. The number of nitrogens with zero attached hydrogens (tertiary/aromatic N) is 4. The molecule has 1 saturated heterocycles. The van der Waals surface area contributed by atoms with Gasteiger partial charge in [-0.25, -0.2) is 9.97 Å². The van der Waals surface area contributed by atoms with E-state index in [0.29, 0.717) is 30.3 Å². The average Bonchev–Trinajstić information content (AvgIpc) is 3.62. The molecule has 0 aliphatic carbocycles. The van der Waals surface area contributed by atoms with E-state index in [1.807, 2.05) is 59.5 Å². The molecule has 0 unspecified atom stereocenters. The van der Waals surface area contributed by atoms with Gasteiger partial charge in [0, 0.05) is 42.9 Å². The maximum Gasteiger partial charge on any atom is 0.222 e. The normalized spacial score (nSPS) is 13.6. The number of hydrogen-bond donors (Lipinski definition) is 1. The van der Waals surface area contributed by atoms with Crippen LogP contribution < -0.4 is 4.74 Å². The molecule has 5 aromatic rings. The van der Waals surface area contributed by atoms with Gasteiger partial charge in [-0.1, -0.05) is 6.07 Å². The molecular formula is C26H21N5O3. The lowest BCUT2D eigenvalue weighted by molar-refractivity contribution is -0.128. The van der Waals surface area contributed by atoms with Crippen LogP contribution in [0.2, 0.25) is 0 Å². The van der Waals surface area contributed by atoms with Crippen LogP contribution in [0.4, 0.5) is 0 Å². The van der Waals surface area contributed by atoms with Gasteiger partial charge in [-0.05, 0) is 48.9 Å². The summed E-state index contributed by atoms with van der Waals surface area (Å²) >= 11 is 0. The first kappa shape index (κ1) is 20.2. The lowest BCUT2D eigenvalue weighted by Crippen LogP contribution is -2.24. The summed E-state index contributed by atoms with van der Waals surface area (Å²) in [6.07, 6.45) is 6.23. The Balaban J connectivity index is 1.36. The molecule has 2 aromatic carbocycles. The highest BCUT2D eigenvalue weighted by Gasteiger charge is 2.22. The summed E-state index contributed by atoms with van der Waals surface area (Å²) in [7, 11) is 0. The van der Waals surface area contributed by atoms with Crippen LogP contribution in [0.1, 0.15) is 18.4 Å². The number of nitrogens with one attached hydrogen (secondary N) is 1. The fourth-order valence-corrected chi connectivity index (χ4v) is 4.18. The van der Waals surface area contributed by atoms with Crippen molar-refractivity contribution in [2.24, 2.45) is 0 Å². The van der Waals surface area contributed by atoms with Gasteiger partial charge in [0.1, 0.15) is 29.2 Å². The summed E-state index contributed by atoms with van der Waals surface area (Å²) in [5.74, 6) is 2.20. The van der Waals surface area contributed by atoms with Gasteiger partial charge in [0.15, 0.2) is 12.2 Å². The van der Waals surface area contributed by atoms with Crippen LogP contribution in [0.25, 0.3) is 33.8 Å². The smallest absolute Gasteiger partial charge is 0.222 e. The topological polar surface area (TPSA) is 97.1 Å². The van der Waals surface area contributed by atoms with E-state index in [1.165, 1.54) is 6.39 Å². The van der Waals surface area contributed by atoms with Crippen molar-refractivity contribution in [2.75, 3.05) is 6.54 Å². The molecule has 0 spiro atoms. The van der Waals surface area contributed by atoms with Crippen LogP contribution in [-0.2, 0) is 11.3 Å². The van der Waals surface area contributed by atoms with Crippen molar-refractivity contribution in [3.8, 4) is 34.3 Å². The molecule has 3 aromatic heterocycles. The predicted octanol–water partition coefficient (Wildman–Crippen LogP) is 5.19. The van der Waals surface area contributed by atoms with Crippen LogP contribution in [-0.4, -0.2) is 37.3 Å². The Morgan fingerprint density at radius 1 is 1.06 bits per heavy atom. The maximum absolute atomic E-state index is 12.3. The first-order valence-corrected chi connectivity index (χ1v) is 11.1. The molecule has 4 heterocycles. The zero-order valence-electron chi connectivity index (χ0n) is 18.3. The minimum atomic E-state index is 0.168. The standard InChI is InChI=1S/C26H21N5O3/c32-25-5-3-11-31(25)14-18-12-21-22(30-26(29-21)20-4-1-2-10-27-20)13-24(18)34-19-8-6-17(7-9-19)23-15-33-16-28-23/h1-2,4,6-10,12-13,15-16H,3,5,11,14H2,(H,29,30). The Hall–Kier alpha value is -4.46. The van der Waals surface area contributed by atoms with E-state index in [0.717, 1.165) is 46.5 Å². The van der Waals surface area contributed by atoms with E-state index >= 15 is 0 Å². The van der Waals surface area contributed by atoms with E-state index in [2.05, 4.69) is 15.0 Å².